The number of hydrogen-bond acceptors (Lipinski definition) is 6. The molecule has 0 aliphatic carbocycles. The van der Waals surface area contributed by atoms with Gasteiger partial charge >= 0.3 is 0 Å². The first-order valence-corrected chi connectivity index (χ1v) is 6.22. The molecule has 0 unspecified atom stereocenters. The zero-order valence-electron chi connectivity index (χ0n) is 9.83. The molecule has 2 heterocycles. The highest BCUT2D eigenvalue weighted by Crippen LogP contribution is 2.17. The maximum atomic E-state index is 11.9. The van der Waals surface area contributed by atoms with Crippen LogP contribution in [0.5, 0.6) is 0 Å². The van der Waals surface area contributed by atoms with E-state index in [1.165, 1.54) is 17.8 Å². The van der Waals surface area contributed by atoms with Gasteiger partial charge in [0.05, 0.1) is 11.4 Å². The van der Waals surface area contributed by atoms with Gasteiger partial charge in [0.15, 0.2) is 10.9 Å². The van der Waals surface area contributed by atoms with Crippen LogP contribution in [0.25, 0.3) is 0 Å². The van der Waals surface area contributed by atoms with Gasteiger partial charge in [-0.3, -0.25) is 4.79 Å². The standard InChI is InChI=1S/C11H13N5OS/c1-16-4-2-3-7(16)8(17)6-18-11-14-9(12)5-10(13)15-11/h2-5H,6H2,1H3,(H4,12,13,14,15). The molecule has 2 rings (SSSR count). The Morgan fingerprint density at radius 2 is 2.06 bits per heavy atom. The summed E-state index contributed by atoms with van der Waals surface area (Å²) >= 11 is 1.22. The smallest absolute Gasteiger partial charge is 0.191 e. The quantitative estimate of drug-likeness (QED) is 0.484. The van der Waals surface area contributed by atoms with Crippen molar-refractivity contribution in [1.82, 2.24) is 14.5 Å². The summed E-state index contributed by atoms with van der Waals surface area (Å²) in [5, 5.41) is 0.412. The number of rotatable bonds is 4. The Bertz CT molecular complexity index is 560. The third-order valence-corrected chi connectivity index (χ3v) is 3.15. The predicted molar refractivity (Wildman–Crippen MR) is 71.3 cm³/mol. The SMILES string of the molecule is Cn1cccc1C(=O)CSc1nc(N)cc(N)n1. The van der Waals surface area contributed by atoms with Gasteiger partial charge in [0, 0.05) is 19.3 Å². The van der Waals surface area contributed by atoms with Crippen LogP contribution in [0.15, 0.2) is 29.6 Å². The van der Waals surface area contributed by atoms with Crippen molar-refractivity contribution in [3.05, 3.63) is 30.1 Å². The van der Waals surface area contributed by atoms with Crippen LogP contribution in [0.2, 0.25) is 0 Å². The second kappa shape index (κ2) is 5.09. The van der Waals surface area contributed by atoms with Crippen molar-refractivity contribution in [3.63, 3.8) is 0 Å². The lowest BCUT2D eigenvalue weighted by atomic mass is 10.3. The number of anilines is 2. The monoisotopic (exact) mass is 263 g/mol. The average molecular weight is 263 g/mol. The van der Waals surface area contributed by atoms with Gasteiger partial charge in [-0.05, 0) is 12.1 Å². The van der Waals surface area contributed by atoms with Crippen LogP contribution in [0.1, 0.15) is 10.5 Å². The van der Waals surface area contributed by atoms with Crippen LogP contribution in [0.3, 0.4) is 0 Å². The maximum absolute atomic E-state index is 11.9. The fourth-order valence-corrected chi connectivity index (χ4v) is 2.23. The number of thioether (sulfide) groups is 1. The maximum Gasteiger partial charge on any atom is 0.191 e. The van der Waals surface area contributed by atoms with Crippen LogP contribution in [-0.4, -0.2) is 26.1 Å². The predicted octanol–water partition coefficient (Wildman–Crippen LogP) is 0.955. The van der Waals surface area contributed by atoms with Crippen LogP contribution in [0, 0.1) is 0 Å². The molecule has 4 N–H and O–H groups in total. The molecule has 18 heavy (non-hydrogen) atoms. The van der Waals surface area contributed by atoms with Crippen molar-refractivity contribution in [2.75, 3.05) is 17.2 Å². The van der Waals surface area contributed by atoms with Gasteiger partial charge in [-0.1, -0.05) is 11.8 Å². The minimum absolute atomic E-state index is 0.0112. The molecule has 94 valence electrons. The number of aryl methyl sites for hydroxylation is 1. The van der Waals surface area contributed by atoms with Crippen LogP contribution in [0.4, 0.5) is 11.6 Å². The Morgan fingerprint density at radius 1 is 1.39 bits per heavy atom. The minimum Gasteiger partial charge on any atom is -0.383 e. The molecule has 0 atom stereocenters. The second-order valence-electron chi connectivity index (χ2n) is 3.72. The van der Waals surface area contributed by atoms with Gasteiger partial charge in [0.25, 0.3) is 0 Å². The first kappa shape index (κ1) is 12.4. The normalized spacial score (nSPS) is 10.5. The summed E-state index contributed by atoms with van der Waals surface area (Å²) in [6.07, 6.45) is 1.83. The number of nitrogens with zero attached hydrogens (tertiary/aromatic N) is 3. The number of nitrogens with two attached hydrogens (primary N) is 2. The Hall–Kier alpha value is -2.02. The summed E-state index contributed by atoms with van der Waals surface area (Å²) in [6.45, 7) is 0. The molecule has 0 fully saturated rings. The molecule has 0 aliphatic heterocycles. The van der Waals surface area contributed by atoms with Gasteiger partial charge in [0.2, 0.25) is 0 Å². The van der Waals surface area contributed by atoms with Gasteiger partial charge in [-0.2, -0.15) is 0 Å². The van der Waals surface area contributed by atoms with Gasteiger partial charge in [0.1, 0.15) is 11.6 Å². The van der Waals surface area contributed by atoms with E-state index in [1.54, 1.807) is 10.6 Å². The van der Waals surface area contributed by atoms with Crippen molar-refractivity contribution in [3.8, 4) is 0 Å². The Morgan fingerprint density at radius 3 is 2.61 bits per heavy atom. The van der Waals surface area contributed by atoms with Gasteiger partial charge in [-0.15, -0.1) is 0 Å². The van der Waals surface area contributed by atoms with Crippen LogP contribution >= 0.6 is 11.8 Å². The van der Waals surface area contributed by atoms with E-state index in [-0.39, 0.29) is 11.5 Å². The van der Waals surface area contributed by atoms with E-state index in [2.05, 4.69) is 9.97 Å². The summed E-state index contributed by atoms with van der Waals surface area (Å²) in [5.74, 6) is 0.866. The lowest BCUT2D eigenvalue weighted by molar-refractivity contribution is 0.101. The molecule has 0 saturated heterocycles. The molecular weight excluding hydrogens is 250 g/mol. The van der Waals surface area contributed by atoms with E-state index in [9.17, 15) is 4.79 Å². The van der Waals surface area contributed by atoms with Crippen molar-refractivity contribution < 1.29 is 4.79 Å². The minimum atomic E-state index is 0.0112. The molecule has 0 aliphatic rings. The van der Waals surface area contributed by atoms with Crippen molar-refractivity contribution in [1.29, 1.82) is 0 Å². The summed E-state index contributed by atoms with van der Waals surface area (Å²) in [5.41, 5.74) is 11.8. The highest BCUT2D eigenvalue weighted by atomic mass is 32.2. The van der Waals surface area contributed by atoms with Crippen molar-refractivity contribution in [2.45, 2.75) is 5.16 Å². The zero-order chi connectivity index (χ0) is 13.1. The molecule has 0 saturated carbocycles. The highest BCUT2D eigenvalue weighted by Gasteiger charge is 2.11. The largest absolute Gasteiger partial charge is 0.383 e. The van der Waals surface area contributed by atoms with Gasteiger partial charge in [-0.25, -0.2) is 9.97 Å². The number of carbonyl (C=O) groups excluding carboxylic acids is 1. The molecule has 0 aromatic carbocycles. The summed E-state index contributed by atoms with van der Waals surface area (Å²) < 4.78 is 1.78. The first-order valence-electron chi connectivity index (χ1n) is 5.23. The van der Waals surface area contributed by atoms with E-state index in [0.717, 1.165) is 0 Å². The first-order chi connectivity index (χ1) is 8.56. The van der Waals surface area contributed by atoms with E-state index in [0.29, 0.717) is 22.5 Å². The van der Waals surface area contributed by atoms with E-state index >= 15 is 0 Å². The number of Topliss-reactive ketones (excluding diaryl/α,β-unsaturated/α-hetero) is 1. The number of aromatic nitrogens is 3. The summed E-state index contributed by atoms with van der Waals surface area (Å²) in [4.78, 5) is 19.9. The Labute approximate surface area is 108 Å². The highest BCUT2D eigenvalue weighted by molar-refractivity contribution is 7.99. The Balaban J connectivity index is 2.04. The van der Waals surface area contributed by atoms with Crippen molar-refractivity contribution >= 4 is 29.2 Å². The molecule has 2 aromatic rings. The van der Waals surface area contributed by atoms with Crippen molar-refractivity contribution in [2.24, 2.45) is 7.05 Å². The van der Waals surface area contributed by atoms with E-state index in [1.807, 2.05) is 19.3 Å². The lowest BCUT2D eigenvalue weighted by Crippen LogP contribution is -2.08. The van der Waals surface area contributed by atoms with E-state index in [4.69, 9.17) is 11.5 Å². The molecule has 6 nitrogen and oxygen atoms in total. The number of hydrogen-bond donors (Lipinski definition) is 2. The summed E-state index contributed by atoms with van der Waals surface area (Å²) in [7, 11) is 1.83. The molecule has 0 amide bonds. The Kier molecular flexibility index (Phi) is 3.52. The molecule has 0 radical (unpaired) electrons. The topological polar surface area (TPSA) is 99.8 Å². The van der Waals surface area contributed by atoms with Crippen LogP contribution in [-0.2, 0) is 7.05 Å². The fourth-order valence-electron chi connectivity index (χ4n) is 1.48. The molecular formula is C11H13N5OS. The molecule has 0 bridgehead atoms. The second-order valence-corrected chi connectivity index (χ2v) is 4.66. The van der Waals surface area contributed by atoms with Crippen LogP contribution < -0.4 is 11.5 Å². The third kappa shape index (κ3) is 2.80. The molecule has 7 heteroatoms. The van der Waals surface area contributed by atoms with E-state index < -0.39 is 0 Å². The number of carbonyl (C=O) groups is 1. The number of ketones is 1. The molecule has 0 spiro atoms. The lowest BCUT2D eigenvalue weighted by Gasteiger charge is -2.03. The third-order valence-electron chi connectivity index (χ3n) is 2.31. The number of nitrogen functional groups attached to an aromatic ring is 2. The van der Waals surface area contributed by atoms with Gasteiger partial charge < -0.3 is 16.0 Å². The summed E-state index contributed by atoms with van der Waals surface area (Å²) in [6, 6.07) is 5.08. The zero-order valence-corrected chi connectivity index (χ0v) is 10.6. The molecule has 2 aromatic heterocycles. The fraction of sp³-hybridized carbons (Fsp3) is 0.182. The average Bonchev–Trinajstić information content (AvgIpc) is 2.71.